The second-order valence-electron chi connectivity index (χ2n) is 7.23. The predicted molar refractivity (Wildman–Crippen MR) is 121 cm³/mol. The van der Waals surface area contributed by atoms with Crippen LogP contribution in [0.1, 0.15) is 10.4 Å². The van der Waals surface area contributed by atoms with E-state index in [9.17, 15) is 17.6 Å². The summed E-state index contributed by atoms with van der Waals surface area (Å²) in [6.45, 7) is 2.11. The fourth-order valence-electron chi connectivity index (χ4n) is 3.42. The monoisotopic (exact) mass is 474 g/mol. The van der Waals surface area contributed by atoms with Gasteiger partial charge in [-0.3, -0.25) is 9.52 Å². The Morgan fingerprint density at radius 3 is 2.44 bits per heavy atom. The molecule has 1 N–H and O–H groups in total. The van der Waals surface area contributed by atoms with Crippen molar-refractivity contribution < 1.29 is 17.6 Å². The Balaban J connectivity index is 1.46. The van der Waals surface area contributed by atoms with Crippen LogP contribution < -0.4 is 9.62 Å². The molecular formula is C22H20ClFN4O3S. The highest BCUT2D eigenvalue weighted by atomic mass is 35.5. The molecule has 0 bridgehead atoms. The molecule has 0 aliphatic carbocycles. The molecule has 3 aromatic rings. The molecule has 2 heterocycles. The number of aromatic nitrogens is 1. The predicted octanol–water partition coefficient (Wildman–Crippen LogP) is 3.64. The fraction of sp³-hybridized carbons (Fsp3) is 0.182. The lowest BCUT2D eigenvalue weighted by molar-refractivity contribution is 0.0746. The molecule has 1 aliphatic rings. The fourth-order valence-corrected chi connectivity index (χ4v) is 4.64. The Kier molecular flexibility index (Phi) is 6.29. The second-order valence-corrected chi connectivity index (χ2v) is 9.35. The molecule has 1 aromatic heterocycles. The van der Waals surface area contributed by atoms with Gasteiger partial charge in [0.15, 0.2) is 0 Å². The van der Waals surface area contributed by atoms with E-state index in [2.05, 4.69) is 14.6 Å². The average Bonchev–Trinajstić information content (AvgIpc) is 2.81. The van der Waals surface area contributed by atoms with E-state index in [1.165, 1.54) is 36.4 Å². The first-order chi connectivity index (χ1) is 15.3. The topological polar surface area (TPSA) is 82.6 Å². The maximum absolute atomic E-state index is 13.9. The van der Waals surface area contributed by atoms with Gasteiger partial charge in [-0.1, -0.05) is 29.8 Å². The number of carbonyl (C=O) groups excluding carboxylic acids is 1. The van der Waals surface area contributed by atoms with Crippen molar-refractivity contribution in [2.24, 2.45) is 0 Å². The zero-order valence-corrected chi connectivity index (χ0v) is 18.5. The van der Waals surface area contributed by atoms with Crippen molar-refractivity contribution in [2.75, 3.05) is 35.8 Å². The summed E-state index contributed by atoms with van der Waals surface area (Å²) >= 11 is 5.88. The SMILES string of the molecule is O=C(c1cccc(S(=O)(=O)Nc2ccccc2F)c1)N1CCN(c2ccc(Cl)cn2)CC1. The lowest BCUT2D eigenvalue weighted by Crippen LogP contribution is -2.49. The van der Waals surface area contributed by atoms with Crippen molar-refractivity contribution in [2.45, 2.75) is 4.90 Å². The maximum Gasteiger partial charge on any atom is 0.262 e. The minimum absolute atomic E-state index is 0.115. The van der Waals surface area contributed by atoms with Crippen molar-refractivity contribution in [3.05, 3.63) is 83.3 Å². The zero-order valence-electron chi connectivity index (χ0n) is 16.9. The van der Waals surface area contributed by atoms with Gasteiger partial charge in [0, 0.05) is 37.9 Å². The number of sulfonamides is 1. The summed E-state index contributed by atoms with van der Waals surface area (Å²) in [7, 11) is -4.06. The quantitative estimate of drug-likeness (QED) is 0.610. The Morgan fingerprint density at radius 2 is 1.75 bits per heavy atom. The Labute approximate surface area is 190 Å². The molecule has 0 saturated carbocycles. The number of nitrogens with one attached hydrogen (secondary N) is 1. The number of anilines is 2. The van der Waals surface area contributed by atoms with Crippen LogP contribution in [0.3, 0.4) is 0 Å². The standard InChI is InChI=1S/C22H20ClFN4O3S/c23-17-8-9-21(25-15-17)27-10-12-28(13-11-27)22(29)16-4-3-5-18(14-16)32(30,31)26-20-7-2-1-6-19(20)24/h1-9,14-15,26H,10-13H2. The molecule has 7 nitrogen and oxygen atoms in total. The minimum Gasteiger partial charge on any atom is -0.353 e. The molecule has 1 fully saturated rings. The van der Waals surface area contributed by atoms with E-state index in [-0.39, 0.29) is 22.1 Å². The average molecular weight is 475 g/mol. The number of amides is 1. The van der Waals surface area contributed by atoms with Crippen molar-refractivity contribution in [3.63, 3.8) is 0 Å². The number of nitrogens with zero attached hydrogens (tertiary/aromatic N) is 3. The largest absolute Gasteiger partial charge is 0.353 e. The van der Waals surface area contributed by atoms with E-state index in [4.69, 9.17) is 11.6 Å². The van der Waals surface area contributed by atoms with E-state index in [0.717, 1.165) is 11.9 Å². The van der Waals surface area contributed by atoms with Gasteiger partial charge >= 0.3 is 0 Å². The van der Waals surface area contributed by atoms with Crippen LogP contribution in [0.4, 0.5) is 15.9 Å². The van der Waals surface area contributed by atoms with E-state index in [1.807, 2.05) is 6.07 Å². The van der Waals surface area contributed by atoms with Gasteiger partial charge in [0.05, 0.1) is 15.6 Å². The molecular weight excluding hydrogens is 455 g/mol. The normalized spacial score (nSPS) is 14.3. The van der Waals surface area contributed by atoms with Gasteiger partial charge in [-0.25, -0.2) is 17.8 Å². The third-order valence-electron chi connectivity index (χ3n) is 5.11. The van der Waals surface area contributed by atoms with E-state index >= 15 is 0 Å². The van der Waals surface area contributed by atoms with Crippen molar-refractivity contribution in [1.29, 1.82) is 0 Å². The molecule has 1 saturated heterocycles. The molecule has 0 unspecified atom stereocenters. The van der Waals surface area contributed by atoms with Crippen molar-refractivity contribution in [1.82, 2.24) is 9.88 Å². The number of pyridine rings is 1. The van der Waals surface area contributed by atoms with E-state index in [1.54, 1.807) is 23.2 Å². The van der Waals surface area contributed by atoms with Crippen LogP contribution in [0.15, 0.2) is 71.8 Å². The molecule has 0 radical (unpaired) electrons. The Morgan fingerprint density at radius 1 is 1.00 bits per heavy atom. The summed E-state index contributed by atoms with van der Waals surface area (Å²) < 4.78 is 41.5. The van der Waals surface area contributed by atoms with Gasteiger partial charge in [0.25, 0.3) is 15.9 Å². The van der Waals surface area contributed by atoms with Crippen LogP contribution >= 0.6 is 11.6 Å². The van der Waals surface area contributed by atoms with Gasteiger partial charge in [0.1, 0.15) is 11.6 Å². The lowest BCUT2D eigenvalue weighted by atomic mass is 10.2. The van der Waals surface area contributed by atoms with Gasteiger partial charge in [0.2, 0.25) is 0 Å². The summed E-state index contributed by atoms with van der Waals surface area (Å²) in [6, 6.07) is 14.8. The van der Waals surface area contributed by atoms with Gasteiger partial charge in [-0.05, 0) is 42.5 Å². The van der Waals surface area contributed by atoms with Crippen LogP contribution in [0.2, 0.25) is 5.02 Å². The highest BCUT2D eigenvalue weighted by Gasteiger charge is 2.24. The number of benzene rings is 2. The molecule has 1 aliphatic heterocycles. The summed E-state index contributed by atoms with van der Waals surface area (Å²) in [6.07, 6.45) is 1.58. The second kappa shape index (κ2) is 9.13. The number of halogens is 2. The molecule has 1 amide bonds. The van der Waals surface area contributed by atoms with Crippen LogP contribution in [0.25, 0.3) is 0 Å². The molecule has 0 spiro atoms. The maximum atomic E-state index is 13.9. The van der Waals surface area contributed by atoms with Crippen molar-refractivity contribution >= 4 is 39.0 Å². The lowest BCUT2D eigenvalue weighted by Gasteiger charge is -2.35. The first-order valence-corrected chi connectivity index (χ1v) is 11.7. The first kappa shape index (κ1) is 22.0. The Hall–Kier alpha value is -3.17. The van der Waals surface area contributed by atoms with Gasteiger partial charge in [-0.2, -0.15) is 0 Å². The van der Waals surface area contributed by atoms with Crippen LogP contribution in [0.5, 0.6) is 0 Å². The third-order valence-corrected chi connectivity index (χ3v) is 6.70. The van der Waals surface area contributed by atoms with E-state index in [0.29, 0.717) is 31.2 Å². The number of hydrogen-bond acceptors (Lipinski definition) is 5. The number of para-hydroxylation sites is 1. The van der Waals surface area contributed by atoms with E-state index < -0.39 is 15.8 Å². The number of carbonyl (C=O) groups is 1. The smallest absolute Gasteiger partial charge is 0.262 e. The number of rotatable bonds is 5. The number of hydrogen-bond donors (Lipinski definition) is 1. The zero-order chi connectivity index (χ0) is 22.7. The molecule has 0 atom stereocenters. The summed E-state index contributed by atoms with van der Waals surface area (Å²) in [5, 5.41) is 0.557. The van der Waals surface area contributed by atoms with Gasteiger partial charge < -0.3 is 9.80 Å². The summed E-state index contributed by atoms with van der Waals surface area (Å²) in [4.78, 5) is 20.9. The number of piperazine rings is 1. The highest BCUT2D eigenvalue weighted by molar-refractivity contribution is 7.92. The van der Waals surface area contributed by atoms with Crippen LogP contribution in [-0.4, -0.2) is 50.4 Å². The van der Waals surface area contributed by atoms with Crippen LogP contribution in [-0.2, 0) is 10.0 Å². The molecule has 166 valence electrons. The highest BCUT2D eigenvalue weighted by Crippen LogP contribution is 2.21. The Bertz CT molecular complexity index is 1230. The van der Waals surface area contributed by atoms with Crippen molar-refractivity contribution in [3.8, 4) is 0 Å². The molecule has 10 heteroatoms. The third kappa shape index (κ3) is 4.84. The van der Waals surface area contributed by atoms with Crippen LogP contribution in [0, 0.1) is 5.82 Å². The summed E-state index contributed by atoms with van der Waals surface area (Å²) in [5.41, 5.74) is 0.0932. The molecule has 32 heavy (non-hydrogen) atoms. The minimum atomic E-state index is -4.06. The van der Waals surface area contributed by atoms with Gasteiger partial charge in [-0.15, -0.1) is 0 Å². The molecule has 2 aromatic carbocycles. The molecule has 4 rings (SSSR count). The summed E-state index contributed by atoms with van der Waals surface area (Å²) in [5.74, 6) is -0.165. The first-order valence-electron chi connectivity index (χ1n) is 9.87.